The standard InChI is InChI=1S/C20H32O2/c1-7-19(5,22)11-10-16-14(2)8-9-17-18(3,4)12-15(21)13-20(16,17)6/h7,16-17,22H,1-2,8-13H2,3-6H3/t16-,17-,19+,20+/m0/s1. The molecule has 1 N–H and O–H groups in total. The maximum Gasteiger partial charge on any atom is 0.134 e. The lowest BCUT2D eigenvalue weighted by atomic mass is 9.47. The summed E-state index contributed by atoms with van der Waals surface area (Å²) < 4.78 is 0. The number of allylic oxidation sites excluding steroid dienone is 1. The van der Waals surface area contributed by atoms with Crippen molar-refractivity contribution in [2.24, 2.45) is 22.7 Å². The van der Waals surface area contributed by atoms with E-state index in [0.717, 1.165) is 19.3 Å². The molecule has 0 saturated heterocycles. The summed E-state index contributed by atoms with van der Waals surface area (Å²) in [6, 6.07) is 0. The fraction of sp³-hybridized carbons (Fsp3) is 0.750. The van der Waals surface area contributed by atoms with Gasteiger partial charge in [0.05, 0.1) is 5.60 Å². The Bertz CT molecular complexity index is 486. The van der Waals surface area contributed by atoms with E-state index in [-0.39, 0.29) is 10.8 Å². The normalized spacial score (nSPS) is 37.3. The minimum Gasteiger partial charge on any atom is -0.386 e. The van der Waals surface area contributed by atoms with Crippen LogP contribution in [-0.4, -0.2) is 16.5 Å². The molecule has 22 heavy (non-hydrogen) atoms. The van der Waals surface area contributed by atoms with Crippen LogP contribution in [0.4, 0.5) is 0 Å². The van der Waals surface area contributed by atoms with Crippen LogP contribution in [0.1, 0.15) is 66.2 Å². The molecule has 0 heterocycles. The first kappa shape index (κ1) is 17.5. The molecule has 0 aromatic carbocycles. The molecule has 2 heteroatoms. The second-order valence-electron chi connectivity index (χ2n) is 8.79. The van der Waals surface area contributed by atoms with Gasteiger partial charge in [-0.3, -0.25) is 4.79 Å². The second-order valence-corrected chi connectivity index (χ2v) is 8.79. The number of hydrogen-bond acceptors (Lipinski definition) is 2. The first-order valence-electron chi connectivity index (χ1n) is 8.57. The molecule has 4 atom stereocenters. The zero-order valence-electron chi connectivity index (χ0n) is 14.7. The lowest BCUT2D eigenvalue weighted by molar-refractivity contribution is -0.138. The first-order valence-corrected chi connectivity index (χ1v) is 8.57. The van der Waals surface area contributed by atoms with E-state index < -0.39 is 5.60 Å². The summed E-state index contributed by atoms with van der Waals surface area (Å²) in [5.74, 6) is 1.27. The number of hydrogen-bond donors (Lipinski definition) is 1. The Labute approximate surface area is 135 Å². The molecule has 0 bridgehead atoms. The Kier molecular flexibility index (Phi) is 4.47. The van der Waals surface area contributed by atoms with Gasteiger partial charge in [0.25, 0.3) is 0 Å². The monoisotopic (exact) mass is 304 g/mol. The van der Waals surface area contributed by atoms with Crippen molar-refractivity contribution in [2.75, 3.05) is 0 Å². The lowest BCUT2D eigenvalue weighted by Crippen LogP contribution is -2.52. The van der Waals surface area contributed by atoms with Crippen LogP contribution in [0, 0.1) is 22.7 Å². The van der Waals surface area contributed by atoms with Gasteiger partial charge in [-0.25, -0.2) is 0 Å². The molecule has 2 fully saturated rings. The highest BCUT2D eigenvalue weighted by molar-refractivity contribution is 5.81. The van der Waals surface area contributed by atoms with E-state index in [2.05, 4.69) is 33.9 Å². The number of rotatable bonds is 4. The summed E-state index contributed by atoms with van der Waals surface area (Å²) in [6.07, 6.45) is 6.75. The zero-order chi connectivity index (χ0) is 16.8. The summed E-state index contributed by atoms with van der Waals surface area (Å²) in [6.45, 7) is 16.6. The molecule has 2 saturated carbocycles. The predicted octanol–water partition coefficient (Wildman–Crippen LogP) is 4.68. The van der Waals surface area contributed by atoms with Crippen molar-refractivity contribution in [3.05, 3.63) is 24.8 Å². The molecule has 0 aromatic rings. The van der Waals surface area contributed by atoms with Gasteiger partial charge in [-0.2, -0.15) is 0 Å². The van der Waals surface area contributed by atoms with E-state index in [1.165, 1.54) is 5.57 Å². The maximum absolute atomic E-state index is 12.4. The molecule has 0 aliphatic heterocycles. The largest absolute Gasteiger partial charge is 0.386 e. The minimum atomic E-state index is -0.836. The molecule has 0 amide bonds. The fourth-order valence-corrected chi connectivity index (χ4v) is 5.26. The van der Waals surface area contributed by atoms with Gasteiger partial charge in [-0.05, 0) is 55.3 Å². The molecule has 0 spiro atoms. The Hall–Kier alpha value is -0.890. The highest BCUT2D eigenvalue weighted by Crippen LogP contribution is 2.61. The highest BCUT2D eigenvalue weighted by atomic mass is 16.3. The SMILES string of the molecule is C=C[C@@](C)(O)CC[C@H]1C(=C)CC[C@H]2C(C)(C)CC(=O)C[C@]12C. The molecule has 2 aliphatic carbocycles. The average Bonchev–Trinajstić information content (AvgIpc) is 2.35. The summed E-state index contributed by atoms with van der Waals surface area (Å²) in [5.41, 5.74) is 0.497. The summed E-state index contributed by atoms with van der Waals surface area (Å²) in [7, 11) is 0. The van der Waals surface area contributed by atoms with Gasteiger partial charge >= 0.3 is 0 Å². The van der Waals surface area contributed by atoms with Gasteiger partial charge < -0.3 is 5.11 Å². The van der Waals surface area contributed by atoms with Crippen molar-refractivity contribution in [2.45, 2.75) is 71.8 Å². The van der Waals surface area contributed by atoms with Crippen molar-refractivity contribution in [3.8, 4) is 0 Å². The topological polar surface area (TPSA) is 37.3 Å². The lowest BCUT2D eigenvalue weighted by Gasteiger charge is -2.57. The van der Waals surface area contributed by atoms with Crippen LogP contribution >= 0.6 is 0 Å². The number of Topliss-reactive ketones (excluding diaryl/α,β-unsaturated/α-hetero) is 1. The van der Waals surface area contributed by atoms with E-state index in [1.807, 2.05) is 0 Å². The maximum atomic E-state index is 12.4. The summed E-state index contributed by atoms with van der Waals surface area (Å²) in [4.78, 5) is 12.4. The van der Waals surface area contributed by atoms with Crippen molar-refractivity contribution >= 4 is 5.78 Å². The third-order valence-electron chi connectivity index (χ3n) is 6.39. The van der Waals surface area contributed by atoms with Gasteiger partial charge in [-0.15, -0.1) is 6.58 Å². The zero-order valence-corrected chi connectivity index (χ0v) is 14.7. The molecular formula is C20H32O2. The van der Waals surface area contributed by atoms with Crippen LogP contribution in [0.3, 0.4) is 0 Å². The predicted molar refractivity (Wildman–Crippen MR) is 91.5 cm³/mol. The third-order valence-corrected chi connectivity index (χ3v) is 6.39. The van der Waals surface area contributed by atoms with E-state index >= 15 is 0 Å². The third kappa shape index (κ3) is 3.08. The summed E-state index contributed by atoms with van der Waals surface area (Å²) >= 11 is 0. The van der Waals surface area contributed by atoms with E-state index in [0.29, 0.717) is 36.9 Å². The van der Waals surface area contributed by atoms with Crippen LogP contribution < -0.4 is 0 Å². The highest BCUT2D eigenvalue weighted by Gasteiger charge is 2.55. The Morgan fingerprint density at radius 2 is 2.00 bits per heavy atom. The molecular weight excluding hydrogens is 272 g/mol. The van der Waals surface area contributed by atoms with Crippen LogP contribution in [0.25, 0.3) is 0 Å². The van der Waals surface area contributed by atoms with Gasteiger partial charge in [-0.1, -0.05) is 39.0 Å². The van der Waals surface area contributed by atoms with Crippen LogP contribution in [0.2, 0.25) is 0 Å². The molecule has 2 aliphatic rings. The fourth-order valence-electron chi connectivity index (χ4n) is 5.26. The molecule has 2 nitrogen and oxygen atoms in total. The van der Waals surface area contributed by atoms with Crippen LogP contribution in [-0.2, 0) is 4.79 Å². The Morgan fingerprint density at radius 3 is 2.59 bits per heavy atom. The smallest absolute Gasteiger partial charge is 0.134 e. The Morgan fingerprint density at radius 1 is 1.36 bits per heavy atom. The number of aliphatic hydroxyl groups is 1. The van der Waals surface area contributed by atoms with Gasteiger partial charge in [0, 0.05) is 12.8 Å². The van der Waals surface area contributed by atoms with Crippen molar-refractivity contribution in [1.29, 1.82) is 0 Å². The van der Waals surface area contributed by atoms with E-state index in [9.17, 15) is 9.90 Å². The average molecular weight is 304 g/mol. The molecule has 2 rings (SSSR count). The Balaban J connectivity index is 2.28. The van der Waals surface area contributed by atoms with Crippen LogP contribution in [0.15, 0.2) is 24.8 Å². The van der Waals surface area contributed by atoms with Crippen molar-refractivity contribution in [1.82, 2.24) is 0 Å². The quantitative estimate of drug-likeness (QED) is 0.766. The number of carbonyl (C=O) groups is 1. The summed E-state index contributed by atoms with van der Waals surface area (Å²) in [5, 5.41) is 10.3. The van der Waals surface area contributed by atoms with E-state index in [4.69, 9.17) is 0 Å². The molecule has 0 unspecified atom stereocenters. The minimum absolute atomic E-state index is 0.00852. The van der Waals surface area contributed by atoms with E-state index in [1.54, 1.807) is 13.0 Å². The molecule has 0 aromatic heterocycles. The number of carbonyl (C=O) groups excluding carboxylic acids is 1. The molecule has 0 radical (unpaired) electrons. The molecule has 124 valence electrons. The number of ketones is 1. The second kappa shape index (κ2) is 5.63. The number of fused-ring (bicyclic) bond motifs is 1. The van der Waals surface area contributed by atoms with Gasteiger partial charge in [0.15, 0.2) is 0 Å². The van der Waals surface area contributed by atoms with Crippen LogP contribution in [0.5, 0.6) is 0 Å². The van der Waals surface area contributed by atoms with Crippen molar-refractivity contribution in [3.63, 3.8) is 0 Å². The van der Waals surface area contributed by atoms with Crippen molar-refractivity contribution < 1.29 is 9.90 Å². The van der Waals surface area contributed by atoms with Gasteiger partial charge in [0.1, 0.15) is 5.78 Å². The first-order chi connectivity index (χ1) is 10.0. The van der Waals surface area contributed by atoms with Gasteiger partial charge in [0.2, 0.25) is 0 Å².